The predicted octanol–water partition coefficient (Wildman–Crippen LogP) is -0.0268. The van der Waals surface area contributed by atoms with Crippen LogP contribution in [0.4, 0.5) is 5.69 Å². The third-order valence-corrected chi connectivity index (χ3v) is 1.69. The molecule has 0 unspecified atom stereocenters. The fraction of sp³-hybridized carbons (Fsp3) is 0.125. The Balaban J connectivity index is 3.39. The maximum absolute atomic E-state index is 11.2. The number of aliphatic hydroxyl groups excluding tert-OH is 1. The molecule has 0 amide bonds. The van der Waals surface area contributed by atoms with E-state index in [0.29, 0.717) is 0 Å². The molecule has 14 heavy (non-hydrogen) atoms. The van der Waals surface area contributed by atoms with Gasteiger partial charge in [-0.25, -0.2) is 0 Å². The summed E-state index contributed by atoms with van der Waals surface area (Å²) in [7, 11) is 0. The summed E-state index contributed by atoms with van der Waals surface area (Å²) in [5.74, 6) is -0.673. The molecule has 0 fully saturated rings. The minimum Gasteiger partial charge on any atom is -0.872 e. The maximum atomic E-state index is 11.2. The van der Waals surface area contributed by atoms with Crippen molar-refractivity contribution in [2.45, 2.75) is 6.61 Å². The molecule has 0 aliphatic heterocycles. The monoisotopic (exact) mass is 196 g/mol. The third-order valence-electron chi connectivity index (χ3n) is 1.69. The summed E-state index contributed by atoms with van der Waals surface area (Å²) in [4.78, 5) is 20.0. The number of nitro groups is 1. The van der Waals surface area contributed by atoms with E-state index >= 15 is 0 Å². The lowest BCUT2D eigenvalue weighted by molar-refractivity contribution is -0.385. The van der Waals surface area contributed by atoms with E-state index in [-0.39, 0.29) is 23.1 Å². The van der Waals surface area contributed by atoms with E-state index in [0.717, 1.165) is 12.1 Å². The van der Waals surface area contributed by atoms with Gasteiger partial charge in [0.05, 0.1) is 11.5 Å². The first-order valence-electron chi connectivity index (χ1n) is 3.64. The van der Waals surface area contributed by atoms with Crippen molar-refractivity contribution in [1.82, 2.24) is 0 Å². The summed E-state index contributed by atoms with van der Waals surface area (Å²) in [5, 5.41) is 30.3. The number of nitro benzene ring substituents is 1. The number of hydrogen-bond donors (Lipinski definition) is 1. The lowest BCUT2D eigenvalue weighted by atomic mass is 10.1. The first kappa shape index (κ1) is 10.1. The number of hydrogen-bond acceptors (Lipinski definition) is 5. The van der Waals surface area contributed by atoms with Gasteiger partial charge in [-0.15, -0.1) is 0 Å². The summed E-state index contributed by atoms with van der Waals surface area (Å²) >= 11 is 0. The molecular weight excluding hydrogens is 190 g/mol. The lowest BCUT2D eigenvalue weighted by Crippen LogP contribution is -2.03. The summed E-state index contributed by atoms with van der Waals surface area (Å²) in [6.45, 7) is -0.624. The molecule has 0 saturated heterocycles. The molecule has 1 N–H and O–H groups in total. The molecular formula is C8H6NO5-. The molecule has 6 nitrogen and oxygen atoms in total. The zero-order chi connectivity index (χ0) is 10.7. The Kier molecular flexibility index (Phi) is 2.78. The van der Waals surface area contributed by atoms with Gasteiger partial charge in [0.15, 0.2) is 0 Å². The van der Waals surface area contributed by atoms with Crippen LogP contribution >= 0.6 is 0 Å². The molecule has 0 heterocycles. The molecule has 1 rings (SSSR count). The van der Waals surface area contributed by atoms with Crippen molar-refractivity contribution in [3.8, 4) is 5.75 Å². The van der Waals surface area contributed by atoms with Crippen LogP contribution in [-0.2, 0) is 6.61 Å². The fourth-order valence-electron chi connectivity index (χ4n) is 1.01. The smallest absolute Gasteiger partial charge is 0.270 e. The zero-order valence-corrected chi connectivity index (χ0v) is 6.97. The molecule has 74 valence electrons. The molecule has 1 aromatic rings. The highest BCUT2D eigenvalue weighted by atomic mass is 16.6. The molecule has 0 spiro atoms. The van der Waals surface area contributed by atoms with Gasteiger partial charge in [0.25, 0.3) is 5.69 Å². The van der Waals surface area contributed by atoms with Crippen molar-refractivity contribution >= 4 is 12.0 Å². The predicted molar refractivity (Wildman–Crippen MR) is 43.9 cm³/mol. The zero-order valence-electron chi connectivity index (χ0n) is 6.97. The standard InChI is InChI=1S/C8H7NO5/c10-3-5-1-7(9(13)14)2-6(4-11)8(5)12/h1-3,11-12H,4H2/p-1. The molecule has 0 radical (unpaired) electrons. The van der Waals surface area contributed by atoms with E-state index in [2.05, 4.69) is 0 Å². The maximum Gasteiger partial charge on any atom is 0.270 e. The van der Waals surface area contributed by atoms with E-state index in [1.807, 2.05) is 0 Å². The quantitative estimate of drug-likeness (QED) is 0.415. The second kappa shape index (κ2) is 3.84. The molecule has 0 atom stereocenters. The first-order valence-corrected chi connectivity index (χ1v) is 3.64. The minimum atomic E-state index is -0.731. The summed E-state index contributed by atoms with van der Waals surface area (Å²) in [6.07, 6.45) is 0.231. The van der Waals surface area contributed by atoms with Gasteiger partial charge in [0.1, 0.15) is 6.29 Å². The van der Waals surface area contributed by atoms with Crippen LogP contribution in [0.2, 0.25) is 0 Å². The van der Waals surface area contributed by atoms with Crippen LogP contribution in [0.25, 0.3) is 0 Å². The fourth-order valence-corrected chi connectivity index (χ4v) is 1.01. The van der Waals surface area contributed by atoms with Crippen molar-refractivity contribution in [1.29, 1.82) is 0 Å². The lowest BCUT2D eigenvalue weighted by Gasteiger charge is -2.13. The second-order valence-corrected chi connectivity index (χ2v) is 2.56. The number of rotatable bonds is 3. The number of aliphatic hydroxyl groups is 1. The van der Waals surface area contributed by atoms with Gasteiger partial charge in [0, 0.05) is 17.7 Å². The van der Waals surface area contributed by atoms with Crippen molar-refractivity contribution in [2.75, 3.05) is 0 Å². The molecule has 0 saturated carbocycles. The van der Waals surface area contributed by atoms with E-state index in [1.165, 1.54) is 0 Å². The van der Waals surface area contributed by atoms with Crippen molar-refractivity contribution in [3.05, 3.63) is 33.4 Å². The molecule has 0 aromatic heterocycles. The number of carbonyl (C=O) groups excluding carboxylic acids is 1. The topological polar surface area (TPSA) is 104 Å². The number of benzene rings is 1. The number of carbonyl (C=O) groups is 1. The Morgan fingerprint density at radius 1 is 1.50 bits per heavy atom. The van der Waals surface area contributed by atoms with Crippen LogP contribution in [0, 0.1) is 10.1 Å². The Labute approximate surface area is 78.6 Å². The van der Waals surface area contributed by atoms with Gasteiger partial charge >= 0.3 is 0 Å². The highest BCUT2D eigenvalue weighted by Gasteiger charge is 2.10. The Morgan fingerprint density at radius 3 is 2.57 bits per heavy atom. The first-order chi connectivity index (χ1) is 6.60. The normalized spacial score (nSPS) is 9.79. The summed E-state index contributed by atoms with van der Waals surface area (Å²) in [5.41, 5.74) is -0.847. The molecule has 0 bridgehead atoms. The number of nitrogens with zero attached hydrogens (tertiary/aromatic N) is 1. The van der Waals surface area contributed by atoms with Gasteiger partial charge in [-0.3, -0.25) is 14.9 Å². The number of aldehydes is 1. The van der Waals surface area contributed by atoms with Crippen LogP contribution in [-0.4, -0.2) is 16.3 Å². The van der Waals surface area contributed by atoms with Crippen LogP contribution in [0.1, 0.15) is 15.9 Å². The average molecular weight is 196 g/mol. The summed E-state index contributed by atoms with van der Waals surface area (Å²) < 4.78 is 0. The van der Waals surface area contributed by atoms with E-state index in [1.54, 1.807) is 0 Å². The van der Waals surface area contributed by atoms with E-state index in [4.69, 9.17) is 5.11 Å². The van der Waals surface area contributed by atoms with Crippen LogP contribution in [0.3, 0.4) is 0 Å². The van der Waals surface area contributed by atoms with Crippen molar-refractivity contribution in [2.24, 2.45) is 0 Å². The highest BCUT2D eigenvalue weighted by molar-refractivity contribution is 5.81. The SMILES string of the molecule is O=Cc1cc([N+](=O)[O-])cc(CO)c1[O-]. The highest BCUT2D eigenvalue weighted by Crippen LogP contribution is 2.24. The van der Waals surface area contributed by atoms with Crippen molar-refractivity contribution in [3.63, 3.8) is 0 Å². The molecule has 1 aromatic carbocycles. The van der Waals surface area contributed by atoms with Crippen LogP contribution in [0.5, 0.6) is 5.75 Å². The van der Waals surface area contributed by atoms with Crippen LogP contribution in [0.15, 0.2) is 12.1 Å². The van der Waals surface area contributed by atoms with E-state index in [9.17, 15) is 20.0 Å². The minimum absolute atomic E-state index is 0.152. The van der Waals surface area contributed by atoms with E-state index < -0.39 is 17.3 Å². The van der Waals surface area contributed by atoms with Gasteiger partial charge in [0.2, 0.25) is 0 Å². The number of non-ortho nitro benzene ring substituents is 1. The molecule has 6 heteroatoms. The Morgan fingerprint density at radius 2 is 2.14 bits per heavy atom. The third kappa shape index (κ3) is 1.69. The molecule has 0 aliphatic rings. The van der Waals surface area contributed by atoms with Gasteiger partial charge in [-0.1, -0.05) is 5.75 Å². The van der Waals surface area contributed by atoms with Gasteiger partial charge in [-0.05, 0) is 5.56 Å². The largest absolute Gasteiger partial charge is 0.872 e. The Hall–Kier alpha value is -1.95. The van der Waals surface area contributed by atoms with Crippen molar-refractivity contribution < 1.29 is 19.9 Å². The summed E-state index contributed by atoms with van der Waals surface area (Å²) in [6, 6.07) is 1.84. The van der Waals surface area contributed by atoms with Crippen LogP contribution < -0.4 is 5.11 Å². The van der Waals surface area contributed by atoms with Gasteiger partial charge < -0.3 is 10.2 Å². The average Bonchev–Trinajstić information content (AvgIpc) is 2.17. The molecule has 0 aliphatic carbocycles. The van der Waals surface area contributed by atoms with Gasteiger partial charge in [-0.2, -0.15) is 0 Å². The second-order valence-electron chi connectivity index (χ2n) is 2.56. The Bertz CT molecular complexity index is 388.